The summed E-state index contributed by atoms with van der Waals surface area (Å²) in [6.45, 7) is 9.82. The van der Waals surface area contributed by atoms with Crippen LogP contribution in [0.25, 0.3) is 0 Å². The molecule has 0 saturated carbocycles. The molecule has 0 saturated heterocycles. The molecule has 0 fully saturated rings. The van der Waals surface area contributed by atoms with Crippen LogP contribution in [0.5, 0.6) is 0 Å². The van der Waals surface area contributed by atoms with Gasteiger partial charge in [-0.15, -0.1) is 6.58 Å². The second-order valence-electron chi connectivity index (χ2n) is 6.91. The van der Waals surface area contributed by atoms with Crippen molar-refractivity contribution in [3.8, 4) is 6.07 Å². The molecule has 0 bridgehead atoms. The Kier molecular flexibility index (Phi) is 5.10. The zero-order valence-corrected chi connectivity index (χ0v) is 14.1. The first-order chi connectivity index (χ1) is 10.8. The minimum Gasteiger partial charge on any atom is -0.444 e. The van der Waals surface area contributed by atoms with Crippen LogP contribution in [0.4, 0.5) is 4.79 Å². The number of nitrogens with zero attached hydrogens (tertiary/aromatic N) is 2. The van der Waals surface area contributed by atoms with Crippen LogP contribution < -0.4 is 0 Å². The highest BCUT2D eigenvalue weighted by molar-refractivity contribution is 5.69. The van der Waals surface area contributed by atoms with Crippen molar-refractivity contribution in [2.45, 2.75) is 51.7 Å². The first-order valence-corrected chi connectivity index (χ1v) is 7.96. The van der Waals surface area contributed by atoms with E-state index < -0.39 is 5.60 Å². The number of carbonyl (C=O) groups is 1. The topological polar surface area (TPSA) is 53.3 Å². The van der Waals surface area contributed by atoms with Crippen molar-refractivity contribution in [2.24, 2.45) is 0 Å². The Morgan fingerprint density at radius 2 is 2.22 bits per heavy atom. The molecule has 4 nitrogen and oxygen atoms in total. The fraction of sp³-hybridized carbons (Fsp3) is 0.474. The Morgan fingerprint density at radius 3 is 2.83 bits per heavy atom. The van der Waals surface area contributed by atoms with E-state index in [1.165, 1.54) is 5.56 Å². The van der Waals surface area contributed by atoms with Gasteiger partial charge in [0.25, 0.3) is 0 Å². The smallest absolute Gasteiger partial charge is 0.410 e. The van der Waals surface area contributed by atoms with Gasteiger partial charge in [-0.05, 0) is 63.3 Å². The zero-order chi connectivity index (χ0) is 17.0. The Hall–Kier alpha value is -2.28. The molecule has 0 radical (unpaired) electrons. The molecule has 23 heavy (non-hydrogen) atoms. The summed E-state index contributed by atoms with van der Waals surface area (Å²) < 4.78 is 5.53. The Bertz CT molecular complexity index is 638. The second-order valence-corrected chi connectivity index (χ2v) is 6.91. The number of hydrogen-bond acceptors (Lipinski definition) is 3. The van der Waals surface area contributed by atoms with Gasteiger partial charge in [0.15, 0.2) is 0 Å². The molecule has 0 spiro atoms. The van der Waals surface area contributed by atoms with E-state index in [9.17, 15) is 4.79 Å². The van der Waals surface area contributed by atoms with Gasteiger partial charge < -0.3 is 9.64 Å². The average molecular weight is 312 g/mol. The minimum atomic E-state index is -0.517. The number of carbonyl (C=O) groups excluding carboxylic acids is 1. The van der Waals surface area contributed by atoms with Gasteiger partial charge in [0.2, 0.25) is 0 Å². The third-order valence-corrected chi connectivity index (χ3v) is 3.93. The number of nitriles is 1. The molecule has 1 aliphatic carbocycles. The maximum absolute atomic E-state index is 12.5. The van der Waals surface area contributed by atoms with E-state index in [-0.39, 0.29) is 12.1 Å². The molecule has 1 aromatic rings. The minimum absolute atomic E-state index is 0.0734. The number of aryl methyl sites for hydroxylation is 1. The van der Waals surface area contributed by atoms with Crippen LogP contribution in [0, 0.1) is 11.3 Å². The van der Waals surface area contributed by atoms with E-state index in [0.29, 0.717) is 12.1 Å². The Morgan fingerprint density at radius 1 is 1.48 bits per heavy atom. The lowest BCUT2D eigenvalue weighted by Gasteiger charge is -2.35. The van der Waals surface area contributed by atoms with Crippen molar-refractivity contribution in [3.05, 3.63) is 47.5 Å². The van der Waals surface area contributed by atoms with Crippen molar-refractivity contribution in [1.29, 1.82) is 5.26 Å². The summed E-state index contributed by atoms with van der Waals surface area (Å²) >= 11 is 0. The van der Waals surface area contributed by atoms with Gasteiger partial charge in [-0.25, -0.2) is 4.79 Å². The molecular weight excluding hydrogens is 288 g/mol. The number of rotatable bonds is 3. The van der Waals surface area contributed by atoms with Gasteiger partial charge >= 0.3 is 6.09 Å². The monoisotopic (exact) mass is 312 g/mol. The van der Waals surface area contributed by atoms with Crippen LogP contribution in [0.1, 0.15) is 43.9 Å². The molecule has 2 rings (SSSR count). The van der Waals surface area contributed by atoms with Crippen molar-refractivity contribution in [1.82, 2.24) is 4.90 Å². The molecule has 0 heterocycles. The molecule has 1 amide bonds. The standard InChI is InChI=1S/C19H24N2O2/c1-5-10-21(18(22)23-19(2,3)4)17-9-8-15-7-6-14(13-20)11-16(15)12-17/h5-7,11,17H,1,8-10,12H2,2-4H3. The van der Waals surface area contributed by atoms with Crippen LogP contribution in [0.2, 0.25) is 0 Å². The van der Waals surface area contributed by atoms with Crippen LogP contribution >= 0.6 is 0 Å². The predicted molar refractivity (Wildman–Crippen MR) is 90.1 cm³/mol. The van der Waals surface area contributed by atoms with E-state index in [2.05, 4.69) is 12.6 Å². The second kappa shape index (κ2) is 6.87. The normalized spacial score (nSPS) is 16.9. The van der Waals surface area contributed by atoms with Crippen LogP contribution in [0.15, 0.2) is 30.9 Å². The molecular formula is C19H24N2O2. The lowest BCUT2D eigenvalue weighted by Crippen LogP contribution is -2.45. The van der Waals surface area contributed by atoms with Gasteiger partial charge in [-0.1, -0.05) is 12.1 Å². The van der Waals surface area contributed by atoms with Crippen LogP contribution in [-0.2, 0) is 17.6 Å². The van der Waals surface area contributed by atoms with Crippen LogP contribution in [-0.4, -0.2) is 29.2 Å². The van der Waals surface area contributed by atoms with Gasteiger partial charge in [0, 0.05) is 12.6 Å². The number of amides is 1. The van der Waals surface area contributed by atoms with Crippen molar-refractivity contribution in [3.63, 3.8) is 0 Å². The van der Waals surface area contributed by atoms with Crippen molar-refractivity contribution >= 4 is 6.09 Å². The molecule has 1 unspecified atom stereocenters. The molecule has 0 aromatic heterocycles. The molecule has 122 valence electrons. The molecule has 4 heteroatoms. The van der Waals surface area contributed by atoms with E-state index in [1.807, 2.05) is 39.0 Å². The quantitative estimate of drug-likeness (QED) is 0.797. The third-order valence-electron chi connectivity index (χ3n) is 3.93. The highest BCUT2D eigenvalue weighted by Crippen LogP contribution is 2.26. The average Bonchev–Trinajstić information content (AvgIpc) is 2.49. The summed E-state index contributed by atoms with van der Waals surface area (Å²) in [5.74, 6) is 0. The fourth-order valence-corrected chi connectivity index (χ4v) is 2.91. The van der Waals surface area contributed by atoms with Gasteiger partial charge in [-0.3, -0.25) is 0 Å². The molecule has 1 aliphatic rings. The van der Waals surface area contributed by atoms with Gasteiger partial charge in [0.05, 0.1) is 11.6 Å². The van der Waals surface area contributed by atoms with E-state index in [1.54, 1.807) is 11.0 Å². The first kappa shape index (κ1) is 17.1. The largest absolute Gasteiger partial charge is 0.444 e. The Labute approximate surface area is 138 Å². The molecule has 1 aromatic carbocycles. The van der Waals surface area contributed by atoms with Gasteiger partial charge in [0.1, 0.15) is 5.60 Å². The predicted octanol–water partition coefficient (Wildman–Crippen LogP) is 3.84. The molecule has 0 N–H and O–H groups in total. The number of benzene rings is 1. The Balaban J connectivity index is 2.19. The van der Waals surface area contributed by atoms with Crippen molar-refractivity contribution in [2.75, 3.05) is 6.54 Å². The van der Waals surface area contributed by atoms with E-state index in [0.717, 1.165) is 24.8 Å². The first-order valence-electron chi connectivity index (χ1n) is 7.96. The number of ether oxygens (including phenoxy) is 1. The van der Waals surface area contributed by atoms with E-state index in [4.69, 9.17) is 10.00 Å². The van der Waals surface area contributed by atoms with Crippen molar-refractivity contribution < 1.29 is 9.53 Å². The summed E-state index contributed by atoms with van der Waals surface area (Å²) in [7, 11) is 0. The summed E-state index contributed by atoms with van der Waals surface area (Å²) in [5.41, 5.74) is 2.56. The molecule has 0 aliphatic heterocycles. The number of fused-ring (bicyclic) bond motifs is 1. The summed E-state index contributed by atoms with van der Waals surface area (Å²) in [5, 5.41) is 9.07. The SMILES string of the molecule is C=CCN(C(=O)OC(C)(C)C)C1CCc2ccc(C#N)cc2C1. The third kappa shape index (κ3) is 4.35. The van der Waals surface area contributed by atoms with Crippen LogP contribution in [0.3, 0.4) is 0 Å². The molecule has 1 atom stereocenters. The number of hydrogen-bond donors (Lipinski definition) is 0. The summed E-state index contributed by atoms with van der Waals surface area (Å²) in [6, 6.07) is 8.06. The zero-order valence-electron chi connectivity index (χ0n) is 14.1. The fourth-order valence-electron chi connectivity index (χ4n) is 2.91. The summed E-state index contributed by atoms with van der Waals surface area (Å²) in [6.07, 6.45) is 3.97. The van der Waals surface area contributed by atoms with E-state index >= 15 is 0 Å². The summed E-state index contributed by atoms with van der Waals surface area (Å²) in [4.78, 5) is 14.2. The van der Waals surface area contributed by atoms with Gasteiger partial charge in [-0.2, -0.15) is 5.26 Å². The lowest BCUT2D eigenvalue weighted by atomic mass is 9.86. The lowest BCUT2D eigenvalue weighted by molar-refractivity contribution is 0.0175. The maximum atomic E-state index is 12.5. The maximum Gasteiger partial charge on any atom is 0.410 e. The highest BCUT2D eigenvalue weighted by atomic mass is 16.6. The highest BCUT2D eigenvalue weighted by Gasteiger charge is 2.30.